The number of fused-ring (bicyclic) bond motifs is 3. The lowest BCUT2D eigenvalue weighted by molar-refractivity contribution is -0.145. The quantitative estimate of drug-likeness (QED) is 0.0721. The Morgan fingerprint density at radius 3 is 2.18 bits per heavy atom. The van der Waals surface area contributed by atoms with E-state index < -0.39 is 5.97 Å². The summed E-state index contributed by atoms with van der Waals surface area (Å²) in [6.45, 7) is 5.91. The van der Waals surface area contributed by atoms with Crippen molar-refractivity contribution in [2.24, 2.45) is 5.16 Å². The molecule has 4 aromatic rings. The Bertz CT molecular complexity index is 1550. The average Bonchev–Trinajstić information content (AvgIpc) is 3.22. The number of aromatic nitrogens is 1. The Kier molecular flexibility index (Phi) is 8.33. The molecule has 0 unspecified atom stereocenters. The summed E-state index contributed by atoms with van der Waals surface area (Å²) in [5, 5.41) is 5.67. The van der Waals surface area contributed by atoms with Crippen LogP contribution in [0, 0.1) is 6.92 Å². The van der Waals surface area contributed by atoms with E-state index in [0.29, 0.717) is 30.0 Å². The van der Waals surface area contributed by atoms with Crippen LogP contribution in [0.15, 0.2) is 65.8 Å². The molecule has 4 rings (SSSR count). The van der Waals surface area contributed by atoms with E-state index in [2.05, 4.69) is 5.16 Å². The number of esters is 1. The summed E-state index contributed by atoms with van der Waals surface area (Å²) in [7, 11) is 1.55. The van der Waals surface area contributed by atoms with Crippen LogP contribution in [0.2, 0.25) is 0 Å². The number of hydrogen-bond acceptors (Lipinski definition) is 7. The predicted molar refractivity (Wildman–Crippen MR) is 145 cm³/mol. The highest BCUT2D eigenvalue weighted by atomic mass is 16.7. The zero-order valence-electron chi connectivity index (χ0n) is 21.9. The van der Waals surface area contributed by atoms with Gasteiger partial charge < -0.3 is 18.9 Å². The normalized spacial score (nSPS) is 11.6. The molecule has 0 aliphatic rings. The molecule has 0 spiro atoms. The third-order valence-electron chi connectivity index (χ3n) is 6.34. The Hall–Kier alpha value is -4.30. The van der Waals surface area contributed by atoms with Gasteiger partial charge in [-0.3, -0.25) is 9.59 Å². The lowest BCUT2D eigenvalue weighted by Crippen LogP contribution is -2.12. The summed E-state index contributed by atoms with van der Waals surface area (Å²) >= 11 is 0. The molecule has 0 atom stereocenters. The molecule has 8 nitrogen and oxygen atoms in total. The first kappa shape index (κ1) is 26.8. The first-order valence-corrected chi connectivity index (χ1v) is 12.3. The third kappa shape index (κ3) is 5.81. The zero-order valence-corrected chi connectivity index (χ0v) is 21.9. The number of nitrogens with zero attached hydrogens (tertiary/aromatic N) is 2. The highest BCUT2D eigenvalue weighted by Crippen LogP contribution is 2.32. The van der Waals surface area contributed by atoms with Crippen LogP contribution in [0.4, 0.5) is 0 Å². The second-order valence-corrected chi connectivity index (χ2v) is 8.98. The van der Waals surface area contributed by atoms with Gasteiger partial charge in [0.05, 0.1) is 18.7 Å². The summed E-state index contributed by atoms with van der Waals surface area (Å²) in [4.78, 5) is 41.7. The Morgan fingerprint density at radius 2 is 1.53 bits per heavy atom. The molecule has 0 radical (unpaired) electrons. The third-order valence-corrected chi connectivity index (χ3v) is 6.34. The number of oxime groups is 1. The van der Waals surface area contributed by atoms with Crippen molar-refractivity contribution in [3.05, 3.63) is 82.9 Å². The van der Waals surface area contributed by atoms with Gasteiger partial charge in [0.2, 0.25) is 0 Å². The van der Waals surface area contributed by atoms with Crippen molar-refractivity contribution in [2.45, 2.75) is 33.7 Å². The lowest BCUT2D eigenvalue weighted by atomic mass is 9.97. The molecule has 0 aliphatic heterocycles. The van der Waals surface area contributed by atoms with Gasteiger partial charge in [-0.05, 0) is 55.3 Å². The van der Waals surface area contributed by atoms with Crippen LogP contribution in [0.3, 0.4) is 0 Å². The molecule has 196 valence electrons. The second-order valence-electron chi connectivity index (χ2n) is 8.98. The molecular formula is C30H30N2O6. The molecule has 0 saturated carbocycles. The average molecular weight is 515 g/mol. The van der Waals surface area contributed by atoms with Crippen molar-refractivity contribution in [1.29, 1.82) is 0 Å². The van der Waals surface area contributed by atoms with Crippen molar-refractivity contribution in [3.63, 3.8) is 0 Å². The van der Waals surface area contributed by atoms with E-state index in [9.17, 15) is 14.4 Å². The van der Waals surface area contributed by atoms with Crippen LogP contribution in [-0.4, -0.2) is 48.3 Å². The number of rotatable bonds is 10. The zero-order chi connectivity index (χ0) is 27.2. The molecular weight excluding hydrogens is 484 g/mol. The van der Waals surface area contributed by atoms with Gasteiger partial charge in [-0.2, -0.15) is 0 Å². The van der Waals surface area contributed by atoms with E-state index in [4.69, 9.17) is 14.3 Å². The van der Waals surface area contributed by atoms with Crippen LogP contribution in [0.5, 0.6) is 0 Å². The fraction of sp³-hybridized carbons (Fsp3) is 0.267. The Labute approximate surface area is 220 Å². The molecule has 0 bridgehead atoms. The van der Waals surface area contributed by atoms with Gasteiger partial charge in [0.25, 0.3) is 0 Å². The summed E-state index contributed by atoms with van der Waals surface area (Å²) in [5.74, 6) is -0.875. The van der Waals surface area contributed by atoms with Crippen LogP contribution >= 0.6 is 0 Å². The largest absolute Gasteiger partial charge is 0.463 e. The van der Waals surface area contributed by atoms with Crippen molar-refractivity contribution in [1.82, 2.24) is 4.57 Å². The summed E-state index contributed by atoms with van der Waals surface area (Å²) in [6.07, 6.45) is 0.182. The van der Waals surface area contributed by atoms with Crippen LogP contribution in [0.25, 0.3) is 21.8 Å². The van der Waals surface area contributed by atoms with Gasteiger partial charge in [-0.25, -0.2) is 4.79 Å². The maximum absolute atomic E-state index is 13.4. The highest BCUT2D eigenvalue weighted by Gasteiger charge is 2.17. The standard InChI is InChI=1S/C30H30N2O6/c1-19-7-5-6-8-24(19)30(35)23-10-12-28-26(18-23)25-17-22(20(2)31-38-21(3)33)9-11-27(25)32(28)14-13-29(34)37-16-15-36-4/h5-12,17-18H,13-16H2,1-4H3/b31-20-. The van der Waals surface area contributed by atoms with E-state index >= 15 is 0 Å². The van der Waals surface area contributed by atoms with Gasteiger partial charge in [0, 0.05) is 53.5 Å². The minimum absolute atomic E-state index is 0.0589. The fourth-order valence-corrected chi connectivity index (χ4v) is 4.39. The van der Waals surface area contributed by atoms with Gasteiger partial charge >= 0.3 is 11.9 Å². The van der Waals surface area contributed by atoms with Gasteiger partial charge in [-0.1, -0.05) is 35.5 Å². The van der Waals surface area contributed by atoms with Crippen molar-refractivity contribution in [2.75, 3.05) is 20.3 Å². The number of ketones is 1. The smallest absolute Gasteiger partial charge is 0.331 e. The Balaban J connectivity index is 1.79. The van der Waals surface area contributed by atoms with E-state index in [1.165, 1.54) is 6.92 Å². The van der Waals surface area contributed by atoms with Crippen LogP contribution in [-0.2, 0) is 30.4 Å². The first-order chi connectivity index (χ1) is 18.3. The molecule has 38 heavy (non-hydrogen) atoms. The molecule has 0 amide bonds. The summed E-state index contributed by atoms with van der Waals surface area (Å²) in [6, 6.07) is 18.9. The number of ether oxygens (including phenoxy) is 2. The highest BCUT2D eigenvalue weighted by molar-refractivity contribution is 6.16. The SMILES string of the molecule is COCCOC(=O)CCn1c2ccc(C(=O)c3ccccc3C)cc2c2cc(/C(C)=N\OC(C)=O)ccc21. The van der Waals surface area contributed by atoms with Crippen molar-refractivity contribution in [3.8, 4) is 0 Å². The minimum atomic E-state index is -0.501. The second kappa shape index (κ2) is 11.8. The van der Waals surface area contributed by atoms with Crippen LogP contribution < -0.4 is 0 Å². The number of carbonyl (C=O) groups is 3. The lowest BCUT2D eigenvalue weighted by Gasteiger charge is -2.09. The topological polar surface area (TPSA) is 96.2 Å². The number of methoxy groups -OCH3 is 1. The van der Waals surface area contributed by atoms with Crippen molar-refractivity contribution >= 4 is 45.2 Å². The Morgan fingerprint density at radius 1 is 0.868 bits per heavy atom. The number of aryl methyl sites for hydroxylation is 2. The minimum Gasteiger partial charge on any atom is -0.463 e. The van der Waals surface area contributed by atoms with Gasteiger partial charge in [0.15, 0.2) is 5.78 Å². The van der Waals surface area contributed by atoms with Gasteiger partial charge in [0.1, 0.15) is 6.61 Å². The maximum atomic E-state index is 13.4. The monoisotopic (exact) mass is 514 g/mol. The van der Waals surface area contributed by atoms with Crippen molar-refractivity contribution < 1.29 is 28.7 Å². The van der Waals surface area contributed by atoms with Crippen LogP contribution in [0.1, 0.15) is 47.3 Å². The summed E-state index contributed by atoms with van der Waals surface area (Å²) < 4.78 is 12.2. The number of benzene rings is 3. The van der Waals surface area contributed by atoms with E-state index in [0.717, 1.165) is 32.9 Å². The molecule has 0 aliphatic carbocycles. The van der Waals surface area contributed by atoms with Gasteiger partial charge in [-0.15, -0.1) is 0 Å². The van der Waals surface area contributed by atoms with E-state index in [1.54, 1.807) is 14.0 Å². The maximum Gasteiger partial charge on any atom is 0.331 e. The molecule has 1 aromatic heterocycles. The fourth-order valence-electron chi connectivity index (χ4n) is 4.39. The van der Waals surface area contributed by atoms with E-state index in [-0.39, 0.29) is 24.8 Å². The first-order valence-electron chi connectivity index (χ1n) is 12.3. The predicted octanol–water partition coefficient (Wildman–Crippen LogP) is 5.20. The molecule has 1 heterocycles. The summed E-state index contributed by atoms with van der Waals surface area (Å²) in [5.41, 5.74) is 5.22. The molecule has 8 heteroatoms. The molecule has 3 aromatic carbocycles. The number of carbonyl (C=O) groups excluding carboxylic acids is 3. The molecule has 0 N–H and O–H groups in total. The van der Waals surface area contributed by atoms with E-state index in [1.807, 2.05) is 72.2 Å². The number of hydrogen-bond donors (Lipinski definition) is 0. The molecule has 0 fully saturated rings. The molecule has 0 saturated heterocycles.